The zero-order chi connectivity index (χ0) is 9.56. The molecule has 0 fully saturated rings. The van der Waals surface area contributed by atoms with Crippen molar-refractivity contribution in [2.75, 3.05) is 5.88 Å². The van der Waals surface area contributed by atoms with E-state index in [9.17, 15) is 0 Å². The van der Waals surface area contributed by atoms with Crippen LogP contribution in [0.4, 0.5) is 0 Å². The van der Waals surface area contributed by atoms with Gasteiger partial charge in [0.05, 0.1) is 0 Å². The first-order chi connectivity index (χ1) is 5.56. The summed E-state index contributed by atoms with van der Waals surface area (Å²) in [5, 5.41) is 0.304. The molecule has 0 nitrogen and oxygen atoms in total. The Morgan fingerprint density at radius 2 is 1.50 bits per heavy atom. The summed E-state index contributed by atoms with van der Waals surface area (Å²) in [4.78, 5) is 0. The van der Waals surface area contributed by atoms with Gasteiger partial charge in [0.25, 0.3) is 0 Å². The number of hydrogen-bond donors (Lipinski definition) is 0. The third-order valence-corrected chi connectivity index (χ3v) is 3.02. The van der Waals surface area contributed by atoms with E-state index in [-0.39, 0.29) is 16.1 Å². The maximum atomic E-state index is 5.99. The molecule has 0 aromatic carbocycles. The summed E-state index contributed by atoms with van der Waals surface area (Å²) in [6.07, 6.45) is 2.58. The van der Waals surface area contributed by atoms with E-state index in [0.29, 0.717) is 5.88 Å². The van der Waals surface area contributed by atoms with Crippen LogP contribution in [0.15, 0.2) is 0 Å². The van der Waals surface area contributed by atoms with Gasteiger partial charge in [-0.3, -0.25) is 0 Å². The molecule has 3 unspecified atom stereocenters. The third-order valence-electron chi connectivity index (χ3n) is 1.54. The molecule has 12 heavy (non-hydrogen) atoms. The molecule has 3 atom stereocenters. The van der Waals surface area contributed by atoms with Crippen molar-refractivity contribution in [1.29, 1.82) is 0 Å². The maximum Gasteiger partial charge on any atom is 0.0472 e. The van der Waals surface area contributed by atoms with Crippen LogP contribution in [0.1, 0.15) is 26.2 Å². The number of rotatable bonds is 6. The standard InChI is InChI=1S/C8H14Cl4/c1-6(10)4-7(11)2-3-8(12)5-9/h6-8H,2-5H2,1H3. The monoisotopic (exact) mass is 250 g/mol. The molecule has 0 bridgehead atoms. The van der Waals surface area contributed by atoms with Gasteiger partial charge >= 0.3 is 0 Å². The molecule has 0 heterocycles. The van der Waals surface area contributed by atoms with Gasteiger partial charge in [0.2, 0.25) is 0 Å². The first-order valence-corrected chi connectivity index (χ1v) is 5.88. The lowest BCUT2D eigenvalue weighted by Gasteiger charge is -2.11. The molecular weight excluding hydrogens is 238 g/mol. The van der Waals surface area contributed by atoms with E-state index >= 15 is 0 Å². The second-order valence-corrected chi connectivity index (χ2v) is 5.23. The molecule has 0 radical (unpaired) electrons. The SMILES string of the molecule is CC(Cl)CC(Cl)CCC(Cl)CCl. The summed E-state index contributed by atoms with van der Waals surface area (Å²) in [6.45, 7) is 1.94. The van der Waals surface area contributed by atoms with Gasteiger partial charge in [-0.2, -0.15) is 0 Å². The topological polar surface area (TPSA) is 0 Å². The van der Waals surface area contributed by atoms with E-state index in [1.807, 2.05) is 6.92 Å². The van der Waals surface area contributed by atoms with E-state index in [1.165, 1.54) is 0 Å². The minimum absolute atomic E-state index is 0.0403. The average molecular weight is 252 g/mol. The molecular formula is C8H14Cl4. The van der Waals surface area contributed by atoms with Crippen molar-refractivity contribution in [3.05, 3.63) is 0 Å². The lowest BCUT2D eigenvalue weighted by atomic mass is 10.1. The van der Waals surface area contributed by atoms with Crippen LogP contribution in [0.5, 0.6) is 0 Å². The first-order valence-electron chi connectivity index (χ1n) is 4.04. The molecule has 0 aromatic rings. The molecule has 0 aliphatic heterocycles. The Bertz CT molecular complexity index is 105. The minimum Gasteiger partial charge on any atom is -0.125 e. The Hall–Kier alpha value is 1.16. The summed E-state index contributed by atoms with van der Waals surface area (Å²) < 4.78 is 0. The van der Waals surface area contributed by atoms with Crippen LogP contribution in [0.2, 0.25) is 0 Å². The van der Waals surface area contributed by atoms with Crippen molar-refractivity contribution in [2.24, 2.45) is 0 Å². The van der Waals surface area contributed by atoms with E-state index in [2.05, 4.69) is 0 Å². The second kappa shape index (κ2) is 7.55. The van der Waals surface area contributed by atoms with Crippen LogP contribution < -0.4 is 0 Å². The van der Waals surface area contributed by atoms with Crippen molar-refractivity contribution < 1.29 is 0 Å². The highest BCUT2D eigenvalue weighted by Gasteiger charge is 2.10. The van der Waals surface area contributed by atoms with Gasteiger partial charge in [-0.25, -0.2) is 0 Å². The van der Waals surface area contributed by atoms with Gasteiger partial charge in [-0.15, -0.1) is 46.4 Å². The number of halogens is 4. The maximum absolute atomic E-state index is 5.99. The Balaban J connectivity index is 3.36. The fourth-order valence-electron chi connectivity index (χ4n) is 0.909. The van der Waals surface area contributed by atoms with Crippen molar-refractivity contribution >= 4 is 46.4 Å². The van der Waals surface area contributed by atoms with E-state index in [0.717, 1.165) is 19.3 Å². The van der Waals surface area contributed by atoms with Crippen LogP contribution in [0.25, 0.3) is 0 Å². The van der Waals surface area contributed by atoms with Crippen molar-refractivity contribution in [3.8, 4) is 0 Å². The Labute approximate surface area is 94.5 Å². The third kappa shape index (κ3) is 7.79. The molecule has 74 valence electrons. The van der Waals surface area contributed by atoms with E-state index in [1.54, 1.807) is 0 Å². The van der Waals surface area contributed by atoms with E-state index in [4.69, 9.17) is 46.4 Å². The molecule has 0 aliphatic rings. The summed E-state index contributed by atoms with van der Waals surface area (Å²) in [6, 6.07) is 0. The van der Waals surface area contributed by atoms with E-state index < -0.39 is 0 Å². The van der Waals surface area contributed by atoms with Crippen LogP contribution in [-0.2, 0) is 0 Å². The van der Waals surface area contributed by atoms with Crippen LogP contribution >= 0.6 is 46.4 Å². The van der Waals surface area contributed by atoms with Crippen LogP contribution in [0, 0.1) is 0 Å². The van der Waals surface area contributed by atoms with Crippen LogP contribution in [0.3, 0.4) is 0 Å². The molecule has 4 heteroatoms. The highest BCUT2D eigenvalue weighted by Crippen LogP contribution is 2.18. The van der Waals surface area contributed by atoms with Gasteiger partial charge in [0, 0.05) is 22.0 Å². The second-order valence-electron chi connectivity index (χ2n) is 2.94. The molecule has 0 aromatic heterocycles. The van der Waals surface area contributed by atoms with Crippen molar-refractivity contribution in [3.63, 3.8) is 0 Å². The first kappa shape index (κ1) is 13.2. The van der Waals surface area contributed by atoms with Gasteiger partial charge in [0.1, 0.15) is 0 Å². The van der Waals surface area contributed by atoms with Crippen molar-refractivity contribution in [1.82, 2.24) is 0 Å². The summed E-state index contributed by atoms with van der Waals surface area (Å²) >= 11 is 23.1. The Kier molecular flexibility index (Phi) is 8.28. The predicted molar refractivity (Wildman–Crippen MR) is 59.2 cm³/mol. The summed E-state index contributed by atoms with van der Waals surface area (Å²) in [5.74, 6) is 0.488. The Morgan fingerprint density at radius 1 is 1.00 bits per heavy atom. The van der Waals surface area contributed by atoms with Gasteiger partial charge in [-0.1, -0.05) is 0 Å². The summed E-state index contributed by atoms with van der Waals surface area (Å²) in [7, 11) is 0. The molecule has 0 N–H and O–H groups in total. The zero-order valence-electron chi connectivity index (χ0n) is 7.07. The fraction of sp³-hybridized carbons (Fsp3) is 1.00. The molecule has 0 amide bonds. The lowest BCUT2D eigenvalue weighted by molar-refractivity contribution is 0.640. The molecule has 0 saturated heterocycles. The molecule has 0 rings (SSSR count). The number of hydrogen-bond acceptors (Lipinski definition) is 0. The van der Waals surface area contributed by atoms with Crippen molar-refractivity contribution in [2.45, 2.75) is 42.3 Å². The Morgan fingerprint density at radius 3 is 1.92 bits per heavy atom. The quantitative estimate of drug-likeness (QED) is 0.620. The lowest BCUT2D eigenvalue weighted by Crippen LogP contribution is -2.09. The average Bonchev–Trinajstić information content (AvgIpc) is 1.99. The predicted octanol–water partition coefficient (Wildman–Crippen LogP) is 4.24. The fourth-order valence-corrected chi connectivity index (χ4v) is 1.89. The highest BCUT2D eigenvalue weighted by atomic mass is 35.5. The molecule has 0 saturated carbocycles. The summed E-state index contributed by atoms with van der Waals surface area (Å²) in [5.41, 5.74) is 0. The normalized spacial score (nSPS) is 18.8. The molecule has 0 aliphatic carbocycles. The smallest absolute Gasteiger partial charge is 0.0472 e. The molecule has 0 spiro atoms. The largest absolute Gasteiger partial charge is 0.125 e. The number of alkyl halides is 4. The highest BCUT2D eigenvalue weighted by molar-refractivity contribution is 6.28. The zero-order valence-corrected chi connectivity index (χ0v) is 10.1. The van der Waals surface area contributed by atoms with Crippen LogP contribution in [-0.4, -0.2) is 22.0 Å². The van der Waals surface area contributed by atoms with Gasteiger partial charge in [-0.05, 0) is 26.2 Å². The van der Waals surface area contributed by atoms with Gasteiger partial charge in [0.15, 0.2) is 0 Å². The minimum atomic E-state index is 0.0403. The van der Waals surface area contributed by atoms with Gasteiger partial charge < -0.3 is 0 Å².